The number of benzene rings is 2. The van der Waals surface area contributed by atoms with E-state index in [2.05, 4.69) is 34.5 Å². The van der Waals surface area contributed by atoms with Gasteiger partial charge in [-0.15, -0.1) is 0 Å². The quantitative estimate of drug-likeness (QED) is 0.793. The molecule has 1 heterocycles. The van der Waals surface area contributed by atoms with Crippen molar-refractivity contribution in [2.45, 2.75) is 20.4 Å². The summed E-state index contributed by atoms with van der Waals surface area (Å²) in [6.45, 7) is 8.14. The second-order valence-electron chi connectivity index (χ2n) is 6.89. The van der Waals surface area contributed by atoms with Crippen LogP contribution in [0.5, 0.6) is 5.75 Å². The molecule has 2 amide bonds. The van der Waals surface area contributed by atoms with Crippen LogP contribution in [0.3, 0.4) is 0 Å². The van der Waals surface area contributed by atoms with E-state index in [1.165, 1.54) is 5.56 Å². The summed E-state index contributed by atoms with van der Waals surface area (Å²) in [7, 11) is 0. The standard InChI is InChI=1S/C21H26ClN3O2/c1-16-12-19(13-17(2)20(16)22)27-15-23-21(26)25-10-8-24(9-11-25)14-18-6-4-3-5-7-18/h3-7,12-13H,8-11,14-15H2,1-2H3,(H,23,26). The highest BCUT2D eigenvalue weighted by Gasteiger charge is 2.20. The van der Waals surface area contributed by atoms with E-state index in [4.69, 9.17) is 16.3 Å². The van der Waals surface area contributed by atoms with E-state index in [9.17, 15) is 4.79 Å². The maximum Gasteiger partial charge on any atom is 0.320 e. The summed E-state index contributed by atoms with van der Waals surface area (Å²) in [6, 6.07) is 14.1. The number of aryl methyl sites for hydroxylation is 2. The molecule has 1 N–H and O–H groups in total. The highest BCUT2D eigenvalue weighted by atomic mass is 35.5. The number of hydrogen-bond acceptors (Lipinski definition) is 3. The van der Waals surface area contributed by atoms with Crippen LogP contribution in [0.15, 0.2) is 42.5 Å². The van der Waals surface area contributed by atoms with E-state index < -0.39 is 0 Å². The lowest BCUT2D eigenvalue weighted by Crippen LogP contribution is -2.51. The molecule has 3 rings (SSSR count). The molecule has 2 aromatic rings. The number of nitrogens with one attached hydrogen (secondary N) is 1. The molecular formula is C21H26ClN3O2. The Morgan fingerprint density at radius 1 is 1.07 bits per heavy atom. The van der Waals surface area contributed by atoms with Crippen LogP contribution < -0.4 is 10.1 Å². The van der Waals surface area contributed by atoms with Gasteiger partial charge in [-0.05, 0) is 42.7 Å². The van der Waals surface area contributed by atoms with Gasteiger partial charge in [-0.1, -0.05) is 41.9 Å². The molecule has 1 aliphatic rings. The van der Waals surface area contributed by atoms with Crippen LogP contribution in [0.1, 0.15) is 16.7 Å². The second-order valence-corrected chi connectivity index (χ2v) is 7.27. The fourth-order valence-corrected chi connectivity index (χ4v) is 3.34. The SMILES string of the molecule is Cc1cc(OCNC(=O)N2CCN(Cc3ccccc3)CC2)cc(C)c1Cl. The lowest BCUT2D eigenvalue weighted by molar-refractivity contribution is 0.130. The summed E-state index contributed by atoms with van der Waals surface area (Å²) in [5, 5.41) is 3.58. The zero-order chi connectivity index (χ0) is 19.2. The summed E-state index contributed by atoms with van der Waals surface area (Å²) in [5.41, 5.74) is 3.23. The predicted molar refractivity (Wildman–Crippen MR) is 108 cm³/mol. The molecule has 0 aliphatic carbocycles. The molecule has 2 aromatic carbocycles. The van der Waals surface area contributed by atoms with E-state index in [1.807, 2.05) is 36.9 Å². The summed E-state index contributed by atoms with van der Waals surface area (Å²) in [4.78, 5) is 16.5. The molecule has 1 aliphatic heterocycles. The highest BCUT2D eigenvalue weighted by Crippen LogP contribution is 2.25. The third kappa shape index (κ3) is 5.37. The Morgan fingerprint density at radius 2 is 1.70 bits per heavy atom. The minimum atomic E-state index is -0.0863. The van der Waals surface area contributed by atoms with Crippen LogP contribution in [-0.4, -0.2) is 48.7 Å². The number of carbonyl (C=O) groups is 1. The van der Waals surface area contributed by atoms with Gasteiger partial charge in [0.15, 0.2) is 6.73 Å². The summed E-state index contributed by atoms with van der Waals surface area (Å²) in [6.07, 6.45) is 0. The zero-order valence-corrected chi connectivity index (χ0v) is 16.6. The molecule has 0 bridgehead atoms. The maximum absolute atomic E-state index is 12.3. The number of nitrogens with zero attached hydrogens (tertiary/aromatic N) is 2. The average molecular weight is 388 g/mol. The van der Waals surface area contributed by atoms with Gasteiger partial charge in [0, 0.05) is 37.7 Å². The first-order valence-corrected chi connectivity index (χ1v) is 9.59. The molecule has 27 heavy (non-hydrogen) atoms. The minimum absolute atomic E-state index is 0.0863. The van der Waals surface area contributed by atoms with Crippen LogP contribution in [0.2, 0.25) is 5.02 Å². The van der Waals surface area contributed by atoms with Crippen molar-refractivity contribution in [2.75, 3.05) is 32.9 Å². The van der Waals surface area contributed by atoms with Gasteiger partial charge in [0.25, 0.3) is 0 Å². The number of carbonyl (C=O) groups excluding carboxylic acids is 1. The van der Waals surface area contributed by atoms with Crippen LogP contribution in [0.4, 0.5) is 4.79 Å². The van der Waals surface area contributed by atoms with E-state index >= 15 is 0 Å². The molecule has 1 fully saturated rings. The van der Waals surface area contributed by atoms with Gasteiger partial charge in [-0.3, -0.25) is 4.90 Å². The molecule has 0 unspecified atom stereocenters. The number of halogens is 1. The first-order valence-electron chi connectivity index (χ1n) is 9.21. The van der Waals surface area contributed by atoms with Gasteiger partial charge < -0.3 is 15.0 Å². The lowest BCUT2D eigenvalue weighted by atomic mass is 10.1. The molecule has 6 heteroatoms. The Hall–Kier alpha value is -2.24. The van der Waals surface area contributed by atoms with E-state index in [0.29, 0.717) is 5.75 Å². The van der Waals surface area contributed by atoms with E-state index in [1.54, 1.807) is 0 Å². The molecule has 0 saturated carbocycles. The fourth-order valence-electron chi connectivity index (χ4n) is 3.23. The van der Waals surface area contributed by atoms with Crippen molar-refractivity contribution in [1.29, 1.82) is 0 Å². The minimum Gasteiger partial charge on any atom is -0.473 e. The van der Waals surface area contributed by atoms with Gasteiger partial charge in [-0.25, -0.2) is 4.79 Å². The number of urea groups is 1. The van der Waals surface area contributed by atoms with E-state index in [-0.39, 0.29) is 12.8 Å². The van der Waals surface area contributed by atoms with Crippen molar-refractivity contribution >= 4 is 17.6 Å². The molecule has 0 spiro atoms. The first kappa shape index (κ1) is 19.5. The zero-order valence-electron chi connectivity index (χ0n) is 15.9. The van der Waals surface area contributed by atoms with Crippen LogP contribution in [-0.2, 0) is 6.54 Å². The summed E-state index contributed by atoms with van der Waals surface area (Å²) in [5.74, 6) is 0.711. The van der Waals surface area contributed by atoms with Crippen LogP contribution >= 0.6 is 11.6 Å². The first-order chi connectivity index (χ1) is 13.0. The molecular weight excluding hydrogens is 362 g/mol. The summed E-state index contributed by atoms with van der Waals surface area (Å²) < 4.78 is 5.66. The molecule has 0 radical (unpaired) electrons. The van der Waals surface area contributed by atoms with Gasteiger partial charge in [-0.2, -0.15) is 0 Å². The Bertz CT molecular complexity index is 751. The third-order valence-electron chi connectivity index (χ3n) is 4.78. The number of ether oxygens (including phenoxy) is 1. The number of piperazine rings is 1. The van der Waals surface area contributed by atoms with Gasteiger partial charge >= 0.3 is 6.03 Å². The number of rotatable bonds is 5. The molecule has 5 nitrogen and oxygen atoms in total. The largest absolute Gasteiger partial charge is 0.473 e. The Kier molecular flexibility index (Phi) is 6.58. The molecule has 0 aromatic heterocycles. The van der Waals surface area contributed by atoms with Crippen molar-refractivity contribution in [2.24, 2.45) is 0 Å². The average Bonchev–Trinajstić information content (AvgIpc) is 2.67. The molecule has 144 valence electrons. The molecule has 0 atom stereocenters. The van der Waals surface area contributed by atoms with Crippen molar-refractivity contribution in [3.05, 3.63) is 64.2 Å². The monoisotopic (exact) mass is 387 g/mol. The number of amides is 2. The van der Waals surface area contributed by atoms with E-state index in [0.717, 1.165) is 48.9 Å². The van der Waals surface area contributed by atoms with Crippen molar-refractivity contribution in [1.82, 2.24) is 15.1 Å². The lowest BCUT2D eigenvalue weighted by Gasteiger charge is -2.34. The second kappa shape index (κ2) is 9.11. The topological polar surface area (TPSA) is 44.8 Å². The van der Waals surface area contributed by atoms with Crippen molar-refractivity contribution in [3.8, 4) is 5.75 Å². The third-order valence-corrected chi connectivity index (χ3v) is 5.38. The Balaban J connectivity index is 1.41. The van der Waals surface area contributed by atoms with Crippen LogP contribution in [0, 0.1) is 13.8 Å². The summed E-state index contributed by atoms with van der Waals surface area (Å²) >= 11 is 6.16. The van der Waals surface area contributed by atoms with Crippen molar-refractivity contribution < 1.29 is 9.53 Å². The highest BCUT2D eigenvalue weighted by molar-refractivity contribution is 6.32. The Morgan fingerprint density at radius 3 is 2.33 bits per heavy atom. The van der Waals surface area contributed by atoms with Gasteiger partial charge in [0.05, 0.1) is 0 Å². The predicted octanol–water partition coefficient (Wildman–Crippen LogP) is 3.82. The normalized spacial score (nSPS) is 14.9. The van der Waals surface area contributed by atoms with Crippen LogP contribution in [0.25, 0.3) is 0 Å². The molecule has 1 saturated heterocycles. The van der Waals surface area contributed by atoms with Gasteiger partial charge in [0.1, 0.15) is 5.75 Å². The number of hydrogen-bond donors (Lipinski definition) is 1. The smallest absolute Gasteiger partial charge is 0.320 e. The van der Waals surface area contributed by atoms with Gasteiger partial charge in [0.2, 0.25) is 0 Å². The Labute approximate surface area is 165 Å². The maximum atomic E-state index is 12.3. The van der Waals surface area contributed by atoms with Crippen molar-refractivity contribution in [3.63, 3.8) is 0 Å². The fraction of sp³-hybridized carbons (Fsp3) is 0.381.